The zero-order valence-corrected chi connectivity index (χ0v) is 12.3. The fourth-order valence-corrected chi connectivity index (χ4v) is 2.38. The van der Waals surface area contributed by atoms with Crippen molar-refractivity contribution in [3.63, 3.8) is 0 Å². The molecular weight excluding hydrogens is 315 g/mol. The van der Waals surface area contributed by atoms with E-state index in [1.807, 2.05) is 0 Å². The summed E-state index contributed by atoms with van der Waals surface area (Å²) in [7, 11) is 0. The summed E-state index contributed by atoms with van der Waals surface area (Å²) >= 11 is 0. The van der Waals surface area contributed by atoms with Gasteiger partial charge in [0.05, 0.1) is 0 Å². The molecule has 0 atom stereocenters. The molecule has 0 saturated carbocycles. The number of amides is 1. The van der Waals surface area contributed by atoms with E-state index >= 15 is 0 Å². The van der Waals surface area contributed by atoms with Gasteiger partial charge in [-0.05, 0) is 36.4 Å². The topological polar surface area (TPSA) is 73.6 Å². The number of nitrogens with zero attached hydrogens (tertiary/aromatic N) is 1. The van der Waals surface area contributed by atoms with Crippen molar-refractivity contribution in [1.29, 1.82) is 0 Å². The Kier molecular flexibility index (Phi) is 3.38. The van der Waals surface area contributed by atoms with Gasteiger partial charge in [-0.1, -0.05) is 0 Å². The van der Waals surface area contributed by atoms with Crippen molar-refractivity contribution in [3.8, 4) is 22.8 Å². The highest BCUT2D eigenvalue weighted by Gasteiger charge is 2.20. The molecule has 0 bridgehead atoms. The number of benzene rings is 2. The molecule has 6 nitrogen and oxygen atoms in total. The standard InChI is InChI=1S/C17H11FN2O4/c18-11-3-1-10(2-4-11)16-15(19-8-22-16)17(21)20-12-5-6-13-14(7-12)24-9-23-13/h1-8H,9H2,(H,20,21). The van der Waals surface area contributed by atoms with Gasteiger partial charge in [-0.25, -0.2) is 9.37 Å². The summed E-state index contributed by atoms with van der Waals surface area (Å²) in [5.41, 5.74) is 1.21. The number of hydrogen-bond donors (Lipinski definition) is 1. The largest absolute Gasteiger partial charge is 0.454 e. The van der Waals surface area contributed by atoms with Gasteiger partial charge in [0.2, 0.25) is 6.79 Å². The number of halogens is 1. The Labute approximate surface area is 135 Å². The first kappa shape index (κ1) is 14.3. The van der Waals surface area contributed by atoms with Crippen molar-refractivity contribution in [2.45, 2.75) is 0 Å². The summed E-state index contributed by atoms with van der Waals surface area (Å²) in [6.07, 6.45) is 1.17. The predicted octanol–water partition coefficient (Wildman–Crippen LogP) is 3.46. The molecule has 2 heterocycles. The Bertz CT molecular complexity index is 905. The quantitative estimate of drug-likeness (QED) is 0.798. The fraction of sp³-hybridized carbons (Fsp3) is 0.0588. The van der Waals surface area contributed by atoms with Crippen molar-refractivity contribution in [3.05, 3.63) is 60.4 Å². The van der Waals surface area contributed by atoms with Crippen LogP contribution < -0.4 is 14.8 Å². The molecule has 2 aromatic carbocycles. The third-order valence-electron chi connectivity index (χ3n) is 3.52. The first-order valence-electron chi connectivity index (χ1n) is 7.11. The van der Waals surface area contributed by atoms with Crippen LogP contribution in [0.5, 0.6) is 11.5 Å². The fourth-order valence-electron chi connectivity index (χ4n) is 2.38. The second-order valence-electron chi connectivity index (χ2n) is 5.06. The molecule has 0 unspecified atom stereocenters. The molecule has 3 aromatic rings. The number of hydrogen-bond acceptors (Lipinski definition) is 5. The Hall–Kier alpha value is -3.35. The molecule has 1 aliphatic rings. The lowest BCUT2D eigenvalue weighted by Crippen LogP contribution is -2.13. The molecule has 1 N–H and O–H groups in total. The van der Waals surface area contributed by atoms with Crippen molar-refractivity contribution >= 4 is 11.6 Å². The number of carbonyl (C=O) groups excluding carboxylic acids is 1. The number of oxazole rings is 1. The van der Waals surface area contributed by atoms with E-state index in [0.29, 0.717) is 22.7 Å². The highest BCUT2D eigenvalue weighted by molar-refractivity contribution is 6.06. The highest BCUT2D eigenvalue weighted by Crippen LogP contribution is 2.34. The van der Waals surface area contributed by atoms with Crippen LogP contribution in [0.15, 0.2) is 53.3 Å². The van der Waals surface area contributed by atoms with Gasteiger partial charge in [-0.3, -0.25) is 4.79 Å². The van der Waals surface area contributed by atoms with Crippen LogP contribution in [0, 0.1) is 5.82 Å². The van der Waals surface area contributed by atoms with Crippen LogP contribution in [0.4, 0.5) is 10.1 Å². The number of anilines is 1. The predicted molar refractivity (Wildman–Crippen MR) is 82.4 cm³/mol. The molecule has 0 aliphatic carbocycles. The Balaban J connectivity index is 1.59. The zero-order valence-electron chi connectivity index (χ0n) is 12.3. The van der Waals surface area contributed by atoms with Crippen molar-refractivity contribution in [2.75, 3.05) is 12.1 Å². The van der Waals surface area contributed by atoms with E-state index in [4.69, 9.17) is 13.9 Å². The maximum absolute atomic E-state index is 13.0. The summed E-state index contributed by atoms with van der Waals surface area (Å²) in [6, 6.07) is 10.7. The Morgan fingerprint density at radius 3 is 2.71 bits per heavy atom. The molecular formula is C17H11FN2O4. The average Bonchev–Trinajstić information content (AvgIpc) is 3.24. The molecule has 0 fully saturated rings. The van der Waals surface area contributed by atoms with Crippen LogP contribution in [0.3, 0.4) is 0 Å². The second kappa shape index (κ2) is 5.69. The average molecular weight is 326 g/mol. The van der Waals surface area contributed by atoms with Crippen LogP contribution >= 0.6 is 0 Å². The van der Waals surface area contributed by atoms with Crippen molar-refractivity contribution in [2.24, 2.45) is 0 Å². The number of carbonyl (C=O) groups is 1. The van der Waals surface area contributed by atoms with Gasteiger partial charge in [-0.15, -0.1) is 0 Å². The van der Waals surface area contributed by atoms with Gasteiger partial charge in [0, 0.05) is 17.3 Å². The zero-order chi connectivity index (χ0) is 16.5. The summed E-state index contributed by atoms with van der Waals surface area (Å²) in [4.78, 5) is 16.4. The summed E-state index contributed by atoms with van der Waals surface area (Å²) < 4.78 is 28.8. The molecule has 0 radical (unpaired) electrons. The lowest BCUT2D eigenvalue weighted by molar-refractivity contribution is 0.102. The molecule has 1 aliphatic heterocycles. The van der Waals surface area contributed by atoms with Crippen LogP contribution in [0.25, 0.3) is 11.3 Å². The molecule has 120 valence electrons. The monoisotopic (exact) mass is 326 g/mol. The summed E-state index contributed by atoms with van der Waals surface area (Å²) in [6.45, 7) is 0.157. The Morgan fingerprint density at radius 1 is 1.08 bits per heavy atom. The normalized spacial score (nSPS) is 12.2. The summed E-state index contributed by atoms with van der Waals surface area (Å²) in [5, 5.41) is 2.72. The van der Waals surface area contributed by atoms with Crippen LogP contribution in [0.1, 0.15) is 10.5 Å². The molecule has 0 saturated heterocycles. The maximum atomic E-state index is 13.0. The first-order valence-corrected chi connectivity index (χ1v) is 7.11. The molecule has 4 rings (SSSR count). The lowest BCUT2D eigenvalue weighted by Gasteiger charge is -2.06. The van der Waals surface area contributed by atoms with E-state index in [2.05, 4.69) is 10.3 Å². The van der Waals surface area contributed by atoms with Gasteiger partial charge in [0.1, 0.15) is 5.82 Å². The third kappa shape index (κ3) is 2.56. The molecule has 24 heavy (non-hydrogen) atoms. The minimum Gasteiger partial charge on any atom is -0.454 e. The number of nitrogens with one attached hydrogen (secondary N) is 1. The lowest BCUT2D eigenvalue weighted by atomic mass is 10.1. The van der Waals surface area contributed by atoms with Crippen LogP contribution in [-0.4, -0.2) is 17.7 Å². The molecule has 1 aromatic heterocycles. The molecule has 1 amide bonds. The second-order valence-corrected chi connectivity index (χ2v) is 5.06. The number of aromatic nitrogens is 1. The van der Waals surface area contributed by atoms with Gasteiger partial charge < -0.3 is 19.2 Å². The van der Waals surface area contributed by atoms with E-state index < -0.39 is 5.91 Å². The van der Waals surface area contributed by atoms with Crippen molar-refractivity contribution < 1.29 is 23.1 Å². The van der Waals surface area contributed by atoms with Gasteiger partial charge in [0.15, 0.2) is 29.3 Å². The van der Waals surface area contributed by atoms with E-state index in [1.165, 1.54) is 30.7 Å². The van der Waals surface area contributed by atoms with E-state index in [0.717, 1.165) is 0 Å². The SMILES string of the molecule is O=C(Nc1ccc2c(c1)OCO2)c1ncoc1-c1ccc(F)cc1. The van der Waals surface area contributed by atoms with Gasteiger partial charge in [0.25, 0.3) is 5.91 Å². The summed E-state index contributed by atoms with van der Waals surface area (Å²) in [5.74, 6) is 0.646. The molecule has 0 spiro atoms. The third-order valence-corrected chi connectivity index (χ3v) is 3.52. The minimum atomic E-state index is -0.443. The number of rotatable bonds is 3. The van der Waals surface area contributed by atoms with E-state index in [1.54, 1.807) is 18.2 Å². The van der Waals surface area contributed by atoms with Gasteiger partial charge >= 0.3 is 0 Å². The highest BCUT2D eigenvalue weighted by atomic mass is 19.1. The number of fused-ring (bicyclic) bond motifs is 1. The van der Waals surface area contributed by atoms with E-state index in [9.17, 15) is 9.18 Å². The first-order chi connectivity index (χ1) is 11.7. The van der Waals surface area contributed by atoms with E-state index in [-0.39, 0.29) is 24.1 Å². The van der Waals surface area contributed by atoms with Gasteiger partial charge in [-0.2, -0.15) is 0 Å². The number of ether oxygens (including phenoxy) is 2. The van der Waals surface area contributed by atoms with Crippen LogP contribution in [-0.2, 0) is 0 Å². The van der Waals surface area contributed by atoms with Crippen molar-refractivity contribution in [1.82, 2.24) is 4.98 Å². The van der Waals surface area contributed by atoms with Crippen LogP contribution in [0.2, 0.25) is 0 Å². The smallest absolute Gasteiger partial charge is 0.278 e. The minimum absolute atomic E-state index is 0.110. The maximum Gasteiger partial charge on any atom is 0.278 e. The Morgan fingerprint density at radius 2 is 1.88 bits per heavy atom. The molecule has 7 heteroatoms.